The Balaban J connectivity index is 2.22. The van der Waals surface area contributed by atoms with E-state index in [4.69, 9.17) is 0 Å². The van der Waals surface area contributed by atoms with Gasteiger partial charge in [0.2, 0.25) is 0 Å². The number of carbonyl (C=O) groups excluding carboxylic acids is 1. The van der Waals surface area contributed by atoms with E-state index < -0.39 is 0 Å². The second-order valence-electron chi connectivity index (χ2n) is 4.93. The zero-order valence-corrected chi connectivity index (χ0v) is 11.2. The van der Waals surface area contributed by atoms with Crippen LogP contribution in [0.3, 0.4) is 0 Å². The molecule has 1 N–H and O–H groups in total. The molecule has 1 aromatic rings. The summed E-state index contributed by atoms with van der Waals surface area (Å²) < 4.78 is 0. The van der Waals surface area contributed by atoms with E-state index in [2.05, 4.69) is 18.8 Å². The summed E-state index contributed by atoms with van der Waals surface area (Å²) in [5.41, 5.74) is 2.48. The fourth-order valence-electron chi connectivity index (χ4n) is 2.35. The van der Waals surface area contributed by atoms with Crippen LogP contribution in [0.2, 0.25) is 0 Å². The Labute approximate surface area is 105 Å². The van der Waals surface area contributed by atoms with Gasteiger partial charge in [-0.25, -0.2) is 4.98 Å². The molecule has 1 amide bonds. The number of β-amino-alcohol motifs (C(OH)–C–C–N with tert-alkyl or cyclic N) is 1. The van der Waals surface area contributed by atoms with Gasteiger partial charge < -0.3 is 10.0 Å². The molecule has 0 radical (unpaired) electrons. The Morgan fingerprint density at radius 1 is 1.65 bits per heavy atom. The number of carbonyl (C=O) groups is 1. The molecule has 0 saturated carbocycles. The monoisotopic (exact) mass is 254 g/mol. The van der Waals surface area contributed by atoms with E-state index in [-0.39, 0.29) is 18.1 Å². The zero-order chi connectivity index (χ0) is 12.6. The topological polar surface area (TPSA) is 53.4 Å². The summed E-state index contributed by atoms with van der Waals surface area (Å²) in [5.74, 6) is 0.379. The minimum Gasteiger partial charge on any atom is -0.391 e. The number of thiazole rings is 1. The molecule has 4 nitrogen and oxygen atoms in total. The number of likely N-dealkylation sites (tertiary alicyclic amines) is 1. The van der Waals surface area contributed by atoms with E-state index >= 15 is 0 Å². The predicted molar refractivity (Wildman–Crippen MR) is 67.1 cm³/mol. The van der Waals surface area contributed by atoms with Crippen molar-refractivity contribution in [2.24, 2.45) is 5.92 Å². The second-order valence-corrected chi connectivity index (χ2v) is 5.78. The van der Waals surface area contributed by atoms with E-state index in [0.29, 0.717) is 23.8 Å². The van der Waals surface area contributed by atoms with Crippen LogP contribution in [0.1, 0.15) is 35.6 Å². The van der Waals surface area contributed by atoms with Crippen molar-refractivity contribution in [2.45, 2.75) is 39.3 Å². The Kier molecular flexibility index (Phi) is 3.49. The Morgan fingerprint density at radius 3 is 2.88 bits per heavy atom. The van der Waals surface area contributed by atoms with Crippen LogP contribution >= 0.6 is 11.3 Å². The highest BCUT2D eigenvalue weighted by Gasteiger charge is 2.37. The smallest absolute Gasteiger partial charge is 0.266 e. The number of aliphatic hydroxyl groups excluding tert-OH is 1. The molecular formula is C12H18N2O2S. The number of hydrogen-bond acceptors (Lipinski definition) is 4. The third-order valence-corrected chi connectivity index (χ3v) is 4.21. The lowest BCUT2D eigenvalue weighted by Crippen LogP contribution is -2.38. The quantitative estimate of drug-likeness (QED) is 0.873. The number of aliphatic hydroxyl groups is 1. The Hall–Kier alpha value is -0.940. The highest BCUT2D eigenvalue weighted by molar-refractivity contribution is 7.11. The van der Waals surface area contributed by atoms with Crippen molar-refractivity contribution < 1.29 is 9.90 Å². The largest absolute Gasteiger partial charge is 0.391 e. The summed E-state index contributed by atoms with van der Waals surface area (Å²) in [4.78, 5) is 19.0. The molecular weight excluding hydrogens is 236 g/mol. The molecule has 0 aromatic carbocycles. The van der Waals surface area contributed by atoms with E-state index in [1.165, 1.54) is 11.3 Å². The van der Waals surface area contributed by atoms with Crippen LogP contribution < -0.4 is 0 Å². The van der Waals surface area contributed by atoms with Gasteiger partial charge in [0.1, 0.15) is 4.88 Å². The summed E-state index contributed by atoms with van der Waals surface area (Å²) in [6.07, 6.45) is 0.293. The maximum absolute atomic E-state index is 12.4. The number of rotatable bonds is 2. The van der Waals surface area contributed by atoms with Crippen LogP contribution in [-0.4, -0.2) is 39.6 Å². The van der Waals surface area contributed by atoms with Gasteiger partial charge in [-0.3, -0.25) is 4.79 Å². The maximum Gasteiger partial charge on any atom is 0.266 e. The highest BCUT2D eigenvalue weighted by atomic mass is 32.1. The first kappa shape index (κ1) is 12.5. The second kappa shape index (κ2) is 4.74. The third kappa shape index (κ3) is 2.35. The molecule has 1 saturated heterocycles. The maximum atomic E-state index is 12.4. The average molecular weight is 254 g/mol. The summed E-state index contributed by atoms with van der Waals surface area (Å²) >= 11 is 1.38. The number of nitrogens with zero attached hydrogens (tertiary/aromatic N) is 2. The predicted octanol–water partition coefficient (Wildman–Crippen LogP) is 1.68. The lowest BCUT2D eigenvalue weighted by molar-refractivity contribution is 0.0690. The minimum atomic E-state index is -0.389. The standard InChI is InChI=1S/C12H18N2O2S/c1-7(2)10-4-9(15)5-14(10)12(16)11-8(3)13-6-17-11/h6-7,9-10,15H,4-5H2,1-3H3/t9-,10?/m1/s1. The van der Waals surface area contributed by atoms with Crippen LogP contribution in [0.15, 0.2) is 5.51 Å². The van der Waals surface area contributed by atoms with Gasteiger partial charge in [0.15, 0.2) is 0 Å². The Morgan fingerprint density at radius 2 is 2.35 bits per heavy atom. The van der Waals surface area contributed by atoms with Crippen LogP contribution in [0.4, 0.5) is 0 Å². The van der Waals surface area contributed by atoms with Crippen molar-refractivity contribution in [2.75, 3.05) is 6.54 Å². The fourth-order valence-corrected chi connectivity index (χ4v) is 3.10. The van der Waals surface area contributed by atoms with Gasteiger partial charge in [0.05, 0.1) is 17.3 Å². The van der Waals surface area contributed by atoms with Crippen LogP contribution in [0, 0.1) is 12.8 Å². The number of hydrogen-bond donors (Lipinski definition) is 1. The van der Waals surface area contributed by atoms with Gasteiger partial charge in [-0.1, -0.05) is 13.8 Å². The summed E-state index contributed by atoms with van der Waals surface area (Å²) in [7, 11) is 0. The van der Waals surface area contributed by atoms with E-state index in [0.717, 1.165) is 5.69 Å². The molecule has 5 heteroatoms. The van der Waals surface area contributed by atoms with Crippen LogP contribution in [-0.2, 0) is 0 Å². The van der Waals surface area contributed by atoms with E-state index in [1.807, 2.05) is 6.92 Å². The molecule has 1 fully saturated rings. The lowest BCUT2D eigenvalue weighted by atomic mass is 10.0. The van der Waals surface area contributed by atoms with Gasteiger partial charge in [-0.05, 0) is 19.3 Å². The van der Waals surface area contributed by atoms with Crippen molar-refractivity contribution in [3.8, 4) is 0 Å². The molecule has 0 spiro atoms. The van der Waals surface area contributed by atoms with Gasteiger partial charge in [0, 0.05) is 12.6 Å². The number of amides is 1. The van der Waals surface area contributed by atoms with Crippen LogP contribution in [0.25, 0.3) is 0 Å². The minimum absolute atomic E-state index is 0.0141. The van der Waals surface area contributed by atoms with Gasteiger partial charge in [0.25, 0.3) is 5.91 Å². The van der Waals surface area contributed by atoms with Gasteiger partial charge in [-0.15, -0.1) is 11.3 Å². The van der Waals surface area contributed by atoms with Gasteiger partial charge in [-0.2, -0.15) is 0 Å². The van der Waals surface area contributed by atoms with Crippen molar-refractivity contribution in [1.29, 1.82) is 0 Å². The lowest BCUT2D eigenvalue weighted by Gasteiger charge is -2.26. The van der Waals surface area contributed by atoms with Crippen molar-refractivity contribution in [3.05, 3.63) is 16.1 Å². The van der Waals surface area contributed by atoms with Gasteiger partial charge >= 0.3 is 0 Å². The Bertz CT molecular complexity index is 416. The molecule has 94 valence electrons. The fraction of sp³-hybridized carbons (Fsp3) is 0.667. The summed E-state index contributed by atoms with van der Waals surface area (Å²) in [6.45, 7) is 6.46. The molecule has 0 aliphatic carbocycles. The summed E-state index contributed by atoms with van der Waals surface area (Å²) in [5, 5.41) is 9.73. The molecule has 2 heterocycles. The number of aromatic nitrogens is 1. The molecule has 1 aliphatic heterocycles. The van der Waals surface area contributed by atoms with E-state index in [9.17, 15) is 9.90 Å². The molecule has 1 aromatic heterocycles. The zero-order valence-electron chi connectivity index (χ0n) is 10.4. The normalized spacial score (nSPS) is 24.6. The van der Waals surface area contributed by atoms with Crippen molar-refractivity contribution >= 4 is 17.2 Å². The van der Waals surface area contributed by atoms with E-state index in [1.54, 1.807) is 10.4 Å². The first-order valence-electron chi connectivity index (χ1n) is 5.89. The first-order chi connectivity index (χ1) is 8.00. The first-order valence-corrected chi connectivity index (χ1v) is 6.77. The average Bonchev–Trinajstić information content (AvgIpc) is 2.83. The molecule has 2 rings (SSSR count). The van der Waals surface area contributed by atoms with Crippen LogP contribution in [0.5, 0.6) is 0 Å². The molecule has 1 aliphatic rings. The number of aryl methyl sites for hydroxylation is 1. The molecule has 17 heavy (non-hydrogen) atoms. The summed E-state index contributed by atoms with van der Waals surface area (Å²) in [6, 6.07) is 0.138. The SMILES string of the molecule is Cc1ncsc1C(=O)N1C[C@H](O)CC1C(C)C. The van der Waals surface area contributed by atoms with Crippen molar-refractivity contribution in [1.82, 2.24) is 9.88 Å². The molecule has 2 atom stereocenters. The molecule has 0 bridgehead atoms. The van der Waals surface area contributed by atoms with Crippen molar-refractivity contribution in [3.63, 3.8) is 0 Å². The highest BCUT2D eigenvalue weighted by Crippen LogP contribution is 2.27. The third-order valence-electron chi connectivity index (χ3n) is 3.29. The molecule has 1 unspecified atom stereocenters.